The van der Waals surface area contributed by atoms with E-state index >= 15 is 0 Å². The number of aryl methyl sites for hydroxylation is 1. The van der Waals surface area contributed by atoms with E-state index in [0.717, 1.165) is 43.8 Å². The van der Waals surface area contributed by atoms with Gasteiger partial charge in [0.25, 0.3) is 0 Å². The van der Waals surface area contributed by atoms with Gasteiger partial charge in [0.1, 0.15) is 12.4 Å². The molecular weight excluding hydrogens is 360 g/mol. The Labute approximate surface area is 175 Å². The Morgan fingerprint density at radius 2 is 1.93 bits per heavy atom. The van der Waals surface area contributed by atoms with Crippen molar-refractivity contribution in [2.75, 3.05) is 24.5 Å². The predicted octanol–water partition coefficient (Wildman–Crippen LogP) is 4.54. The van der Waals surface area contributed by atoms with Crippen LogP contribution in [-0.4, -0.2) is 36.5 Å². The SMILES string of the molecule is Cc1ccccc1COc1ccc(N(CCCN)C(=N)N2CCCCC2C)cc1. The molecule has 5 heteroatoms. The number of hydrogen-bond acceptors (Lipinski definition) is 3. The number of hydrogen-bond donors (Lipinski definition) is 2. The van der Waals surface area contributed by atoms with Crippen LogP contribution in [-0.2, 0) is 6.61 Å². The van der Waals surface area contributed by atoms with Crippen molar-refractivity contribution >= 4 is 11.6 Å². The van der Waals surface area contributed by atoms with Gasteiger partial charge in [0.2, 0.25) is 0 Å². The summed E-state index contributed by atoms with van der Waals surface area (Å²) in [5, 5.41) is 8.84. The van der Waals surface area contributed by atoms with E-state index in [1.165, 1.54) is 17.5 Å². The highest BCUT2D eigenvalue weighted by molar-refractivity contribution is 5.94. The lowest BCUT2D eigenvalue weighted by atomic mass is 10.0. The number of ether oxygens (including phenoxy) is 1. The van der Waals surface area contributed by atoms with Crippen molar-refractivity contribution in [1.82, 2.24) is 4.90 Å². The van der Waals surface area contributed by atoms with Crippen LogP contribution in [0.1, 0.15) is 43.7 Å². The molecule has 1 unspecified atom stereocenters. The van der Waals surface area contributed by atoms with E-state index in [1.807, 2.05) is 36.4 Å². The second-order valence-corrected chi connectivity index (χ2v) is 7.86. The summed E-state index contributed by atoms with van der Waals surface area (Å²) < 4.78 is 5.98. The summed E-state index contributed by atoms with van der Waals surface area (Å²) in [6, 6.07) is 16.8. The second kappa shape index (κ2) is 10.3. The molecule has 1 atom stereocenters. The summed E-state index contributed by atoms with van der Waals surface area (Å²) in [6.07, 6.45) is 4.42. The number of piperidine rings is 1. The van der Waals surface area contributed by atoms with E-state index in [4.69, 9.17) is 15.9 Å². The first-order chi connectivity index (χ1) is 14.1. The third-order valence-corrected chi connectivity index (χ3v) is 5.72. The normalized spacial score (nSPS) is 16.5. The lowest BCUT2D eigenvalue weighted by Crippen LogP contribution is -2.50. The van der Waals surface area contributed by atoms with Crippen LogP contribution >= 0.6 is 0 Å². The van der Waals surface area contributed by atoms with Gasteiger partial charge in [-0.05, 0) is 81.5 Å². The maximum Gasteiger partial charge on any atom is 0.198 e. The minimum Gasteiger partial charge on any atom is -0.489 e. The summed E-state index contributed by atoms with van der Waals surface area (Å²) in [6.45, 7) is 7.21. The molecule has 1 aliphatic rings. The predicted molar refractivity (Wildman–Crippen MR) is 121 cm³/mol. The number of benzene rings is 2. The Hall–Kier alpha value is -2.53. The first-order valence-electron chi connectivity index (χ1n) is 10.7. The van der Waals surface area contributed by atoms with Gasteiger partial charge in [-0.1, -0.05) is 24.3 Å². The highest BCUT2D eigenvalue weighted by Crippen LogP contribution is 2.24. The second-order valence-electron chi connectivity index (χ2n) is 7.86. The molecule has 2 aromatic carbocycles. The van der Waals surface area contributed by atoms with E-state index in [-0.39, 0.29) is 0 Å². The molecule has 3 rings (SSSR count). The molecule has 0 amide bonds. The molecule has 1 heterocycles. The number of anilines is 1. The number of nitrogens with two attached hydrogens (primary N) is 1. The summed E-state index contributed by atoms with van der Waals surface area (Å²) >= 11 is 0. The van der Waals surface area contributed by atoms with Crippen molar-refractivity contribution in [2.45, 2.75) is 52.2 Å². The summed E-state index contributed by atoms with van der Waals surface area (Å²) in [5.74, 6) is 1.42. The quantitative estimate of drug-likeness (QED) is 0.534. The Bertz CT molecular complexity index is 790. The van der Waals surface area contributed by atoms with Crippen LogP contribution < -0.4 is 15.4 Å². The number of likely N-dealkylation sites (tertiary alicyclic amines) is 1. The Morgan fingerprint density at radius 3 is 2.62 bits per heavy atom. The maximum absolute atomic E-state index is 8.84. The fourth-order valence-electron chi connectivity index (χ4n) is 3.83. The molecule has 156 valence electrons. The van der Waals surface area contributed by atoms with Crippen LogP contribution in [0.2, 0.25) is 0 Å². The van der Waals surface area contributed by atoms with Crippen LogP contribution in [0.4, 0.5) is 5.69 Å². The van der Waals surface area contributed by atoms with Crippen molar-refractivity contribution in [3.05, 3.63) is 59.7 Å². The molecule has 1 aliphatic heterocycles. The van der Waals surface area contributed by atoms with Gasteiger partial charge in [-0.3, -0.25) is 5.41 Å². The van der Waals surface area contributed by atoms with Gasteiger partial charge in [-0.2, -0.15) is 0 Å². The third-order valence-electron chi connectivity index (χ3n) is 5.72. The average Bonchev–Trinajstić information content (AvgIpc) is 2.74. The molecule has 1 saturated heterocycles. The standard InChI is InChI=1S/C24H34N4O/c1-19-8-3-4-10-21(19)18-29-23-13-11-22(12-14-23)28(17-7-15-25)24(26)27-16-6-5-9-20(27)2/h3-4,8,10-14,20,26H,5-7,9,15-18,25H2,1-2H3. The van der Waals surface area contributed by atoms with Crippen LogP contribution in [0.5, 0.6) is 5.75 Å². The van der Waals surface area contributed by atoms with Crippen LogP contribution in [0, 0.1) is 12.3 Å². The number of rotatable bonds is 7. The van der Waals surface area contributed by atoms with Gasteiger partial charge in [0.05, 0.1) is 0 Å². The minimum atomic E-state index is 0.411. The van der Waals surface area contributed by atoms with E-state index in [9.17, 15) is 0 Å². The zero-order valence-corrected chi connectivity index (χ0v) is 17.7. The monoisotopic (exact) mass is 394 g/mol. The maximum atomic E-state index is 8.84. The Kier molecular flexibility index (Phi) is 7.53. The Morgan fingerprint density at radius 1 is 1.17 bits per heavy atom. The van der Waals surface area contributed by atoms with Crippen molar-refractivity contribution in [2.24, 2.45) is 5.73 Å². The molecule has 5 nitrogen and oxygen atoms in total. The molecule has 0 bridgehead atoms. The van der Waals surface area contributed by atoms with Crippen LogP contribution in [0.15, 0.2) is 48.5 Å². The van der Waals surface area contributed by atoms with Gasteiger partial charge < -0.3 is 20.3 Å². The van der Waals surface area contributed by atoms with E-state index in [2.05, 4.69) is 35.8 Å². The first kappa shape index (κ1) is 21.2. The molecule has 0 aromatic heterocycles. The zero-order chi connectivity index (χ0) is 20.6. The molecular formula is C24H34N4O. The average molecular weight is 395 g/mol. The van der Waals surface area contributed by atoms with Crippen molar-refractivity contribution in [3.8, 4) is 5.75 Å². The van der Waals surface area contributed by atoms with Gasteiger partial charge in [-0.15, -0.1) is 0 Å². The lowest BCUT2D eigenvalue weighted by Gasteiger charge is -2.40. The van der Waals surface area contributed by atoms with Crippen molar-refractivity contribution in [1.29, 1.82) is 5.41 Å². The molecule has 2 aromatic rings. The van der Waals surface area contributed by atoms with Gasteiger partial charge in [0, 0.05) is 24.8 Å². The van der Waals surface area contributed by atoms with Gasteiger partial charge in [-0.25, -0.2) is 0 Å². The van der Waals surface area contributed by atoms with Crippen LogP contribution in [0.3, 0.4) is 0 Å². The van der Waals surface area contributed by atoms with E-state index in [1.54, 1.807) is 0 Å². The topological polar surface area (TPSA) is 65.6 Å². The molecule has 0 spiro atoms. The number of guanidine groups is 1. The minimum absolute atomic E-state index is 0.411. The zero-order valence-electron chi connectivity index (χ0n) is 17.7. The fraction of sp³-hybridized carbons (Fsp3) is 0.458. The highest BCUT2D eigenvalue weighted by Gasteiger charge is 2.25. The van der Waals surface area contributed by atoms with Gasteiger partial charge in [0.15, 0.2) is 5.96 Å². The summed E-state index contributed by atoms with van der Waals surface area (Å²) in [5.41, 5.74) is 9.21. The summed E-state index contributed by atoms with van der Waals surface area (Å²) in [4.78, 5) is 4.31. The molecule has 3 N–H and O–H groups in total. The smallest absolute Gasteiger partial charge is 0.198 e. The largest absolute Gasteiger partial charge is 0.489 e. The molecule has 0 aliphatic carbocycles. The Balaban J connectivity index is 1.69. The molecule has 0 radical (unpaired) electrons. The molecule has 29 heavy (non-hydrogen) atoms. The summed E-state index contributed by atoms with van der Waals surface area (Å²) in [7, 11) is 0. The lowest BCUT2D eigenvalue weighted by molar-refractivity contribution is 0.252. The first-order valence-corrected chi connectivity index (χ1v) is 10.7. The van der Waals surface area contributed by atoms with Crippen molar-refractivity contribution < 1.29 is 4.74 Å². The van der Waals surface area contributed by atoms with Crippen molar-refractivity contribution in [3.63, 3.8) is 0 Å². The number of nitrogens with one attached hydrogen (secondary N) is 1. The van der Waals surface area contributed by atoms with E-state index < -0.39 is 0 Å². The third kappa shape index (κ3) is 5.51. The molecule has 1 fully saturated rings. The van der Waals surface area contributed by atoms with Gasteiger partial charge >= 0.3 is 0 Å². The molecule has 0 saturated carbocycles. The van der Waals surface area contributed by atoms with E-state index in [0.29, 0.717) is 25.2 Å². The fourth-order valence-corrected chi connectivity index (χ4v) is 3.83. The van der Waals surface area contributed by atoms with Crippen LogP contribution in [0.25, 0.3) is 0 Å². The number of nitrogens with zero attached hydrogens (tertiary/aromatic N) is 2. The highest BCUT2D eigenvalue weighted by atomic mass is 16.5.